The molecule has 0 aromatic carbocycles. The molecular weight excluding hydrogens is 134 g/mol. The first-order chi connectivity index (χ1) is 5.43. The van der Waals surface area contributed by atoms with Crippen molar-refractivity contribution < 1.29 is 0 Å². The van der Waals surface area contributed by atoms with Crippen molar-refractivity contribution in [1.29, 1.82) is 0 Å². The number of hydrogen-bond acceptors (Lipinski definition) is 1. The molecule has 0 aliphatic heterocycles. The summed E-state index contributed by atoms with van der Waals surface area (Å²) >= 11 is 0. The summed E-state index contributed by atoms with van der Waals surface area (Å²) < 4.78 is 0. The van der Waals surface area contributed by atoms with E-state index in [0.717, 1.165) is 6.54 Å². The maximum absolute atomic E-state index is 3.40. The van der Waals surface area contributed by atoms with E-state index in [1.807, 2.05) is 0 Å². The smallest absolute Gasteiger partial charge is 0.0296 e. The van der Waals surface area contributed by atoms with Crippen molar-refractivity contribution in [2.45, 2.75) is 32.6 Å². The molecule has 1 heteroatoms. The number of hydrogen-bond donors (Lipinski definition) is 1. The Morgan fingerprint density at radius 1 is 1.45 bits per heavy atom. The number of rotatable bonds is 4. The van der Waals surface area contributed by atoms with Crippen LogP contribution >= 0.6 is 0 Å². The summed E-state index contributed by atoms with van der Waals surface area (Å²) in [5.41, 5.74) is 1.31. The SMILES string of the molecule is CCCCNC1=CCCC=C1. The topological polar surface area (TPSA) is 12.0 Å². The monoisotopic (exact) mass is 151 g/mol. The van der Waals surface area contributed by atoms with Crippen molar-refractivity contribution >= 4 is 0 Å². The maximum atomic E-state index is 3.40. The van der Waals surface area contributed by atoms with Crippen LogP contribution in [0.2, 0.25) is 0 Å². The zero-order valence-corrected chi connectivity index (χ0v) is 7.27. The first-order valence-electron chi connectivity index (χ1n) is 4.54. The molecule has 1 aliphatic carbocycles. The summed E-state index contributed by atoms with van der Waals surface area (Å²) in [5.74, 6) is 0. The van der Waals surface area contributed by atoms with Crippen molar-refractivity contribution in [1.82, 2.24) is 5.32 Å². The zero-order valence-electron chi connectivity index (χ0n) is 7.27. The Morgan fingerprint density at radius 3 is 3.00 bits per heavy atom. The molecule has 1 rings (SSSR count). The highest BCUT2D eigenvalue weighted by atomic mass is 14.9. The minimum absolute atomic E-state index is 1.12. The van der Waals surface area contributed by atoms with E-state index in [1.165, 1.54) is 31.4 Å². The number of nitrogens with one attached hydrogen (secondary N) is 1. The van der Waals surface area contributed by atoms with Crippen LogP contribution in [-0.4, -0.2) is 6.54 Å². The van der Waals surface area contributed by atoms with Gasteiger partial charge in [-0.15, -0.1) is 0 Å². The van der Waals surface area contributed by atoms with E-state index in [0.29, 0.717) is 0 Å². The largest absolute Gasteiger partial charge is 0.385 e. The first kappa shape index (κ1) is 8.38. The lowest BCUT2D eigenvalue weighted by atomic mass is 10.1. The van der Waals surface area contributed by atoms with Crippen LogP contribution in [0.1, 0.15) is 32.6 Å². The normalized spacial score (nSPS) is 16.3. The average Bonchev–Trinajstić information content (AvgIpc) is 2.07. The Labute approximate surface area is 69.2 Å². The molecule has 0 amide bonds. The Hall–Kier alpha value is -0.720. The van der Waals surface area contributed by atoms with Crippen LogP contribution in [0, 0.1) is 0 Å². The van der Waals surface area contributed by atoms with Crippen molar-refractivity contribution in [3.8, 4) is 0 Å². The van der Waals surface area contributed by atoms with E-state index >= 15 is 0 Å². The fraction of sp³-hybridized carbons (Fsp3) is 0.600. The van der Waals surface area contributed by atoms with Gasteiger partial charge in [0.15, 0.2) is 0 Å². The van der Waals surface area contributed by atoms with Gasteiger partial charge >= 0.3 is 0 Å². The molecule has 0 radical (unpaired) electrons. The summed E-state index contributed by atoms with van der Waals surface area (Å²) in [5, 5.41) is 3.40. The van der Waals surface area contributed by atoms with E-state index in [2.05, 4.69) is 30.5 Å². The van der Waals surface area contributed by atoms with E-state index < -0.39 is 0 Å². The van der Waals surface area contributed by atoms with E-state index in [9.17, 15) is 0 Å². The molecule has 1 N–H and O–H groups in total. The third kappa shape index (κ3) is 3.26. The molecule has 0 heterocycles. The van der Waals surface area contributed by atoms with Gasteiger partial charge in [0, 0.05) is 12.2 Å². The standard InChI is InChI=1S/C10H17N/c1-2-3-9-11-10-7-5-4-6-8-10/h5,7-8,11H,2-4,6,9H2,1H3. The fourth-order valence-corrected chi connectivity index (χ4v) is 1.15. The average molecular weight is 151 g/mol. The van der Waals surface area contributed by atoms with Crippen LogP contribution in [0.15, 0.2) is 23.9 Å². The molecule has 62 valence electrons. The van der Waals surface area contributed by atoms with Gasteiger partial charge in [-0.2, -0.15) is 0 Å². The van der Waals surface area contributed by atoms with Crippen molar-refractivity contribution in [3.05, 3.63) is 23.9 Å². The van der Waals surface area contributed by atoms with Crippen molar-refractivity contribution in [2.24, 2.45) is 0 Å². The third-order valence-corrected chi connectivity index (χ3v) is 1.85. The molecule has 0 fully saturated rings. The van der Waals surface area contributed by atoms with Gasteiger partial charge in [0.25, 0.3) is 0 Å². The second-order valence-electron chi connectivity index (χ2n) is 2.92. The maximum Gasteiger partial charge on any atom is 0.0296 e. The Bertz CT molecular complexity index is 156. The van der Waals surface area contributed by atoms with Gasteiger partial charge in [-0.3, -0.25) is 0 Å². The highest BCUT2D eigenvalue weighted by Gasteiger charge is 1.94. The molecule has 0 spiro atoms. The van der Waals surface area contributed by atoms with Crippen LogP contribution in [0.5, 0.6) is 0 Å². The predicted octanol–water partition coefficient (Wildman–Crippen LogP) is 2.61. The molecule has 1 nitrogen and oxygen atoms in total. The van der Waals surface area contributed by atoms with Gasteiger partial charge in [-0.25, -0.2) is 0 Å². The van der Waals surface area contributed by atoms with E-state index in [4.69, 9.17) is 0 Å². The molecule has 0 unspecified atom stereocenters. The fourth-order valence-electron chi connectivity index (χ4n) is 1.15. The Balaban J connectivity index is 2.15. The lowest BCUT2D eigenvalue weighted by molar-refractivity contribution is 0.714. The summed E-state index contributed by atoms with van der Waals surface area (Å²) in [6.07, 6.45) is 11.6. The highest BCUT2D eigenvalue weighted by molar-refractivity contribution is 5.19. The van der Waals surface area contributed by atoms with Gasteiger partial charge in [-0.1, -0.05) is 25.5 Å². The summed E-state index contributed by atoms with van der Waals surface area (Å²) in [6, 6.07) is 0. The van der Waals surface area contributed by atoms with Gasteiger partial charge in [-0.05, 0) is 25.3 Å². The second kappa shape index (κ2) is 5.00. The number of unbranched alkanes of at least 4 members (excludes halogenated alkanes) is 1. The third-order valence-electron chi connectivity index (χ3n) is 1.85. The van der Waals surface area contributed by atoms with Gasteiger partial charge in [0.2, 0.25) is 0 Å². The van der Waals surface area contributed by atoms with Gasteiger partial charge < -0.3 is 5.32 Å². The molecule has 1 aliphatic rings. The predicted molar refractivity (Wildman–Crippen MR) is 49.4 cm³/mol. The van der Waals surface area contributed by atoms with Crippen molar-refractivity contribution in [2.75, 3.05) is 6.54 Å². The van der Waals surface area contributed by atoms with Crippen LogP contribution in [0.3, 0.4) is 0 Å². The summed E-state index contributed by atoms with van der Waals surface area (Å²) in [6.45, 7) is 3.33. The Morgan fingerprint density at radius 2 is 2.36 bits per heavy atom. The molecule has 0 bridgehead atoms. The lowest BCUT2D eigenvalue weighted by Crippen LogP contribution is -2.13. The molecular formula is C10H17N. The van der Waals surface area contributed by atoms with Crippen LogP contribution in [0.25, 0.3) is 0 Å². The summed E-state index contributed by atoms with van der Waals surface area (Å²) in [7, 11) is 0. The highest BCUT2D eigenvalue weighted by Crippen LogP contribution is 2.06. The van der Waals surface area contributed by atoms with Crippen LogP contribution in [0.4, 0.5) is 0 Å². The molecule has 0 atom stereocenters. The number of allylic oxidation sites excluding steroid dienone is 3. The molecule has 11 heavy (non-hydrogen) atoms. The van der Waals surface area contributed by atoms with E-state index in [-0.39, 0.29) is 0 Å². The van der Waals surface area contributed by atoms with Crippen molar-refractivity contribution in [3.63, 3.8) is 0 Å². The minimum Gasteiger partial charge on any atom is -0.385 e. The van der Waals surface area contributed by atoms with E-state index in [1.54, 1.807) is 0 Å². The van der Waals surface area contributed by atoms with Crippen LogP contribution in [-0.2, 0) is 0 Å². The molecule has 0 aromatic heterocycles. The Kier molecular flexibility index (Phi) is 3.81. The zero-order chi connectivity index (χ0) is 7.94. The lowest BCUT2D eigenvalue weighted by Gasteiger charge is -2.08. The molecule has 0 aromatic rings. The molecule has 0 saturated heterocycles. The van der Waals surface area contributed by atoms with Crippen LogP contribution < -0.4 is 5.32 Å². The van der Waals surface area contributed by atoms with Gasteiger partial charge in [0.05, 0.1) is 0 Å². The quantitative estimate of drug-likeness (QED) is 0.609. The molecule has 0 saturated carbocycles. The minimum atomic E-state index is 1.12. The summed E-state index contributed by atoms with van der Waals surface area (Å²) in [4.78, 5) is 0. The van der Waals surface area contributed by atoms with Gasteiger partial charge in [0.1, 0.15) is 0 Å². The first-order valence-corrected chi connectivity index (χ1v) is 4.54. The second-order valence-corrected chi connectivity index (χ2v) is 2.92.